The third-order valence-corrected chi connectivity index (χ3v) is 6.31. The van der Waals surface area contributed by atoms with Crippen molar-refractivity contribution in [2.75, 3.05) is 0 Å². The second kappa shape index (κ2) is 8.31. The molecule has 0 fully saturated rings. The Hall–Kier alpha value is -4.44. The zero-order valence-corrected chi connectivity index (χ0v) is 19.5. The molecular weight excluding hydrogens is 516 g/mol. The first-order valence-corrected chi connectivity index (χ1v) is 11.9. The molecule has 37 heavy (non-hydrogen) atoms. The number of benzene rings is 2. The number of nitrogens with zero attached hydrogens (tertiary/aromatic N) is 3. The Balaban J connectivity index is 1.89. The largest absolute Gasteiger partial charge is 0.488 e. The number of fused-ring (bicyclic) bond motifs is 4. The summed E-state index contributed by atoms with van der Waals surface area (Å²) < 4.78 is 83.0. The number of nitriles is 1. The minimum absolute atomic E-state index is 0.166. The number of aromatic nitrogens is 3. The number of hydrogen-bond acceptors (Lipinski definition) is 6. The van der Waals surface area contributed by atoms with Crippen LogP contribution in [0, 0.1) is 11.3 Å². The molecule has 3 heterocycles. The highest BCUT2D eigenvalue weighted by Gasteiger charge is 2.35. The van der Waals surface area contributed by atoms with Crippen molar-refractivity contribution in [2.45, 2.75) is 19.6 Å². The first-order chi connectivity index (χ1) is 17.4. The standard InChI is InChI=1S/C24H14F4N4O4S/c1-2-32-20-8-16(13-6-14(11-30-10-13)36-37(28,34)35)18(24(25,26)27)7-17(20)22(33)21-15-4-3-12(9-29)5-19(15)31-23(21)32/h3-8,10-11,31H,2H2,1H3. The normalized spacial score (nSPS) is 12.3. The van der Waals surface area contributed by atoms with Crippen molar-refractivity contribution in [3.05, 3.63) is 70.1 Å². The zero-order chi connectivity index (χ0) is 26.7. The summed E-state index contributed by atoms with van der Waals surface area (Å²) in [7, 11) is -5.44. The molecule has 0 aliphatic rings. The molecule has 0 unspecified atom stereocenters. The van der Waals surface area contributed by atoms with E-state index in [9.17, 15) is 35.5 Å². The fourth-order valence-corrected chi connectivity index (χ4v) is 4.78. The van der Waals surface area contributed by atoms with Crippen molar-refractivity contribution >= 4 is 43.3 Å². The molecular formula is C24H14F4N4O4S. The van der Waals surface area contributed by atoms with E-state index < -0.39 is 39.0 Å². The fraction of sp³-hybridized carbons (Fsp3) is 0.125. The maximum Gasteiger partial charge on any atom is 0.488 e. The number of alkyl halides is 3. The lowest BCUT2D eigenvalue weighted by atomic mass is 9.96. The molecule has 8 nitrogen and oxygen atoms in total. The smallest absolute Gasteiger partial charge is 0.357 e. The van der Waals surface area contributed by atoms with Crippen LogP contribution in [0.15, 0.2) is 53.6 Å². The first kappa shape index (κ1) is 24.3. The Bertz CT molecular complexity index is 1950. The number of pyridine rings is 2. The van der Waals surface area contributed by atoms with E-state index in [1.807, 2.05) is 6.07 Å². The third kappa shape index (κ3) is 4.15. The number of nitrogens with one attached hydrogen (secondary N) is 1. The van der Waals surface area contributed by atoms with E-state index in [-0.39, 0.29) is 28.4 Å². The van der Waals surface area contributed by atoms with Gasteiger partial charge in [-0.2, -0.15) is 26.9 Å². The van der Waals surface area contributed by atoms with Crippen LogP contribution >= 0.6 is 0 Å². The maximum atomic E-state index is 14.2. The van der Waals surface area contributed by atoms with Crippen LogP contribution in [0.3, 0.4) is 0 Å². The Morgan fingerprint density at radius 1 is 1.14 bits per heavy atom. The molecule has 13 heteroatoms. The summed E-state index contributed by atoms with van der Waals surface area (Å²) in [5.74, 6) is -0.625. The summed E-state index contributed by atoms with van der Waals surface area (Å²) in [5.41, 5.74) is -1.10. The lowest BCUT2D eigenvalue weighted by Crippen LogP contribution is -2.14. The number of aromatic amines is 1. The summed E-state index contributed by atoms with van der Waals surface area (Å²) >= 11 is 0. The van der Waals surface area contributed by atoms with Crippen molar-refractivity contribution in [1.82, 2.24) is 14.5 Å². The van der Waals surface area contributed by atoms with Crippen LogP contribution in [0.2, 0.25) is 0 Å². The number of H-pyrrole nitrogens is 1. The average molecular weight is 530 g/mol. The summed E-state index contributed by atoms with van der Waals surface area (Å²) in [6.45, 7) is 2.01. The number of aryl methyl sites for hydroxylation is 1. The second-order valence-corrected chi connectivity index (χ2v) is 9.05. The van der Waals surface area contributed by atoms with Gasteiger partial charge in [-0.05, 0) is 42.8 Å². The van der Waals surface area contributed by atoms with Gasteiger partial charge in [0.1, 0.15) is 5.65 Å². The van der Waals surface area contributed by atoms with Gasteiger partial charge in [-0.25, -0.2) is 0 Å². The molecule has 1 N–H and O–H groups in total. The number of hydrogen-bond donors (Lipinski definition) is 1. The van der Waals surface area contributed by atoms with Crippen LogP contribution in [0.4, 0.5) is 17.1 Å². The molecule has 0 bridgehead atoms. The monoisotopic (exact) mass is 530 g/mol. The summed E-state index contributed by atoms with van der Waals surface area (Å²) in [6, 6.07) is 9.41. The highest BCUT2D eigenvalue weighted by molar-refractivity contribution is 7.81. The van der Waals surface area contributed by atoms with E-state index in [0.717, 1.165) is 30.6 Å². The molecule has 0 radical (unpaired) electrons. The molecule has 0 atom stereocenters. The highest BCUT2D eigenvalue weighted by atomic mass is 32.3. The third-order valence-electron chi connectivity index (χ3n) is 5.92. The van der Waals surface area contributed by atoms with Crippen molar-refractivity contribution < 1.29 is 29.7 Å². The van der Waals surface area contributed by atoms with Gasteiger partial charge >= 0.3 is 16.7 Å². The topological polar surface area (TPSA) is 118 Å². The lowest BCUT2D eigenvalue weighted by Gasteiger charge is -2.17. The number of rotatable bonds is 4. The molecule has 5 rings (SSSR count). The predicted octanol–water partition coefficient (Wildman–Crippen LogP) is 5.20. The number of halogens is 4. The van der Waals surface area contributed by atoms with Gasteiger partial charge in [-0.1, -0.05) is 9.95 Å². The van der Waals surface area contributed by atoms with E-state index in [1.54, 1.807) is 23.6 Å². The van der Waals surface area contributed by atoms with E-state index in [1.165, 1.54) is 6.07 Å². The maximum absolute atomic E-state index is 14.2. The Labute approximate surface area is 205 Å². The van der Waals surface area contributed by atoms with Crippen LogP contribution in [0.1, 0.15) is 18.1 Å². The Morgan fingerprint density at radius 3 is 2.54 bits per heavy atom. The van der Waals surface area contributed by atoms with Gasteiger partial charge in [0.25, 0.3) is 0 Å². The molecule has 188 valence electrons. The van der Waals surface area contributed by atoms with Crippen LogP contribution in [-0.4, -0.2) is 23.0 Å². The van der Waals surface area contributed by atoms with E-state index in [2.05, 4.69) is 14.2 Å². The van der Waals surface area contributed by atoms with Crippen molar-refractivity contribution in [3.8, 4) is 22.9 Å². The minimum atomic E-state index is -5.44. The van der Waals surface area contributed by atoms with Crippen molar-refractivity contribution in [1.29, 1.82) is 5.26 Å². The molecule has 0 aliphatic heterocycles. The molecule has 3 aromatic heterocycles. The van der Waals surface area contributed by atoms with Gasteiger partial charge in [0.05, 0.1) is 34.3 Å². The quantitative estimate of drug-likeness (QED) is 0.252. The van der Waals surface area contributed by atoms with Crippen LogP contribution in [-0.2, 0) is 23.2 Å². The van der Waals surface area contributed by atoms with Crippen molar-refractivity contribution in [3.63, 3.8) is 0 Å². The fourth-order valence-electron chi connectivity index (χ4n) is 4.46. The first-order valence-electron chi connectivity index (χ1n) is 10.6. The van der Waals surface area contributed by atoms with Gasteiger partial charge in [0.15, 0.2) is 11.2 Å². The zero-order valence-electron chi connectivity index (χ0n) is 18.7. The van der Waals surface area contributed by atoms with E-state index in [0.29, 0.717) is 22.1 Å². The molecule has 0 amide bonds. The Morgan fingerprint density at radius 2 is 1.89 bits per heavy atom. The van der Waals surface area contributed by atoms with E-state index in [4.69, 9.17) is 0 Å². The second-order valence-electron chi connectivity index (χ2n) is 8.09. The van der Waals surface area contributed by atoms with Gasteiger partial charge in [-0.15, -0.1) is 0 Å². The molecule has 0 saturated heterocycles. The molecule has 0 aliphatic carbocycles. The van der Waals surface area contributed by atoms with Crippen LogP contribution < -0.4 is 9.61 Å². The highest BCUT2D eigenvalue weighted by Crippen LogP contribution is 2.40. The van der Waals surface area contributed by atoms with Gasteiger partial charge in [0.2, 0.25) is 0 Å². The van der Waals surface area contributed by atoms with Gasteiger partial charge in [0, 0.05) is 34.6 Å². The van der Waals surface area contributed by atoms with Crippen LogP contribution in [0.25, 0.3) is 44.0 Å². The predicted molar refractivity (Wildman–Crippen MR) is 127 cm³/mol. The van der Waals surface area contributed by atoms with Gasteiger partial charge in [-0.3, -0.25) is 9.78 Å². The van der Waals surface area contributed by atoms with Crippen molar-refractivity contribution in [2.24, 2.45) is 0 Å². The average Bonchev–Trinajstić information content (AvgIpc) is 3.20. The molecule has 5 aromatic rings. The summed E-state index contributed by atoms with van der Waals surface area (Å²) in [4.78, 5) is 20.3. The lowest BCUT2D eigenvalue weighted by molar-refractivity contribution is -0.137. The molecule has 0 saturated carbocycles. The molecule has 0 spiro atoms. The van der Waals surface area contributed by atoms with E-state index >= 15 is 0 Å². The SMILES string of the molecule is CCn1c2cc(-c3cncc(OS(=O)(=O)F)c3)c(C(F)(F)F)cc2c(=O)c2c3ccc(C#N)cc3[nH]c21. The summed E-state index contributed by atoms with van der Waals surface area (Å²) in [5, 5.41) is 9.65. The van der Waals surface area contributed by atoms with Crippen LogP contribution in [0.5, 0.6) is 5.75 Å². The van der Waals surface area contributed by atoms with Gasteiger partial charge < -0.3 is 13.7 Å². The Kier molecular flexibility index (Phi) is 5.45. The minimum Gasteiger partial charge on any atom is -0.357 e. The summed E-state index contributed by atoms with van der Waals surface area (Å²) in [6.07, 6.45) is -3.04. The molecule has 2 aromatic carbocycles.